The molecule has 0 saturated carbocycles. The monoisotopic (exact) mass is 136 g/mol. The maximum atomic E-state index is 8.36. The van der Waals surface area contributed by atoms with Crippen molar-refractivity contribution in [3.63, 3.8) is 0 Å². The predicted octanol–water partition coefficient (Wildman–Crippen LogP) is -0.692. The Morgan fingerprint density at radius 3 is 1.67 bits per heavy atom. The number of carbonyl (C=O) groups is 1. The smallest absolute Gasteiger partial charge is 0.290 e. The van der Waals surface area contributed by atoms with E-state index in [0.29, 0.717) is 0 Å². The third kappa shape index (κ3) is 18.7. The summed E-state index contributed by atoms with van der Waals surface area (Å²) in [6.45, 7) is 1.69. The fourth-order valence-corrected chi connectivity index (χ4v) is 0.0577. The summed E-state index contributed by atoms with van der Waals surface area (Å²) in [6.07, 6.45) is 0. The first-order valence-electron chi connectivity index (χ1n) is 2.52. The highest BCUT2D eigenvalue weighted by molar-refractivity contribution is 5.32. The number of carboxylic acid groups (broad SMARTS) is 1. The molecular weight excluding hydrogens is 124 g/mol. The van der Waals surface area contributed by atoms with Crippen LogP contribution in [0.25, 0.3) is 0 Å². The zero-order valence-corrected chi connectivity index (χ0v) is 5.32. The summed E-state index contributed by atoms with van der Waals surface area (Å²) in [5.41, 5.74) is 0. The predicted molar refractivity (Wildman–Crippen MR) is 32.0 cm³/mol. The second-order valence-corrected chi connectivity index (χ2v) is 1.58. The Balaban J connectivity index is 0. The summed E-state index contributed by atoms with van der Waals surface area (Å²) in [5, 5.41) is 23.2. The number of aliphatic hydroxyl groups is 2. The van der Waals surface area contributed by atoms with Crippen LogP contribution in [0, 0.1) is 5.92 Å². The fraction of sp³-hybridized carbons (Fsp3) is 0.800. The molecule has 56 valence electrons. The molecule has 0 bridgehead atoms. The van der Waals surface area contributed by atoms with Crippen molar-refractivity contribution in [1.82, 2.24) is 0 Å². The van der Waals surface area contributed by atoms with Gasteiger partial charge in [0.15, 0.2) is 0 Å². The van der Waals surface area contributed by atoms with Crippen LogP contribution in [0.3, 0.4) is 0 Å². The van der Waals surface area contributed by atoms with E-state index in [9.17, 15) is 0 Å². The lowest BCUT2D eigenvalue weighted by Crippen LogP contribution is -2.04. The van der Waals surface area contributed by atoms with E-state index in [0.717, 1.165) is 0 Å². The van der Waals surface area contributed by atoms with Gasteiger partial charge in [-0.25, -0.2) is 0 Å². The van der Waals surface area contributed by atoms with Gasteiger partial charge in [0.05, 0.1) is 0 Å². The van der Waals surface area contributed by atoms with Gasteiger partial charge in [0.1, 0.15) is 0 Å². The van der Waals surface area contributed by atoms with E-state index >= 15 is 0 Å². The number of hydrogen-bond donors (Lipinski definition) is 3. The molecule has 4 heteroatoms. The molecule has 0 rings (SSSR count). The highest BCUT2D eigenvalue weighted by Gasteiger charge is 1.91. The van der Waals surface area contributed by atoms with Gasteiger partial charge in [0.25, 0.3) is 6.47 Å². The molecule has 4 nitrogen and oxygen atoms in total. The largest absolute Gasteiger partial charge is 0.483 e. The normalized spacial score (nSPS) is 8.00. The van der Waals surface area contributed by atoms with Crippen LogP contribution < -0.4 is 0 Å². The molecule has 0 aromatic rings. The number of hydrogen-bond acceptors (Lipinski definition) is 3. The Labute approximate surface area is 53.7 Å². The second-order valence-electron chi connectivity index (χ2n) is 1.58. The zero-order chi connectivity index (χ0) is 7.70. The van der Waals surface area contributed by atoms with Crippen LogP contribution in [0.1, 0.15) is 6.92 Å². The Hall–Kier alpha value is -0.610. The van der Waals surface area contributed by atoms with E-state index in [-0.39, 0.29) is 25.6 Å². The first-order valence-corrected chi connectivity index (χ1v) is 2.52. The minimum Gasteiger partial charge on any atom is -0.483 e. The van der Waals surface area contributed by atoms with Crippen molar-refractivity contribution in [2.24, 2.45) is 5.92 Å². The van der Waals surface area contributed by atoms with Gasteiger partial charge in [-0.05, 0) is 0 Å². The van der Waals surface area contributed by atoms with Crippen LogP contribution >= 0.6 is 0 Å². The zero-order valence-electron chi connectivity index (χ0n) is 5.32. The molecule has 0 aliphatic rings. The Kier molecular flexibility index (Phi) is 13.0. The topological polar surface area (TPSA) is 77.8 Å². The molecule has 0 unspecified atom stereocenters. The fourth-order valence-electron chi connectivity index (χ4n) is 0.0577. The lowest BCUT2D eigenvalue weighted by Gasteiger charge is -1.97. The number of aliphatic hydroxyl groups excluding tert-OH is 2. The van der Waals surface area contributed by atoms with E-state index in [2.05, 4.69) is 0 Å². The van der Waals surface area contributed by atoms with Gasteiger partial charge in [-0.1, -0.05) is 6.92 Å². The summed E-state index contributed by atoms with van der Waals surface area (Å²) >= 11 is 0. The van der Waals surface area contributed by atoms with Crippen molar-refractivity contribution in [2.45, 2.75) is 6.92 Å². The van der Waals surface area contributed by atoms with Crippen LogP contribution in [0.15, 0.2) is 0 Å². The molecule has 3 N–H and O–H groups in total. The van der Waals surface area contributed by atoms with Crippen LogP contribution in [0.4, 0.5) is 0 Å². The van der Waals surface area contributed by atoms with Gasteiger partial charge < -0.3 is 15.3 Å². The summed E-state index contributed by atoms with van der Waals surface area (Å²) in [5.74, 6) is 0.0463. The molecule has 0 aliphatic carbocycles. The van der Waals surface area contributed by atoms with Crippen LogP contribution in [0.2, 0.25) is 0 Å². The van der Waals surface area contributed by atoms with Gasteiger partial charge in [-0.2, -0.15) is 0 Å². The van der Waals surface area contributed by atoms with Gasteiger partial charge in [-0.15, -0.1) is 0 Å². The van der Waals surface area contributed by atoms with Gasteiger partial charge in [0.2, 0.25) is 0 Å². The van der Waals surface area contributed by atoms with E-state index in [1.807, 2.05) is 0 Å². The average molecular weight is 136 g/mol. The second kappa shape index (κ2) is 10.4. The van der Waals surface area contributed by atoms with Crippen molar-refractivity contribution in [1.29, 1.82) is 0 Å². The summed E-state index contributed by atoms with van der Waals surface area (Å²) < 4.78 is 0. The quantitative estimate of drug-likeness (QED) is 0.439. The molecule has 0 aromatic heterocycles. The maximum absolute atomic E-state index is 8.36. The SMILES string of the molecule is CC(CO)CO.O=CO. The third-order valence-electron chi connectivity index (χ3n) is 0.623. The lowest BCUT2D eigenvalue weighted by molar-refractivity contribution is -0.122. The standard InChI is InChI=1S/C4H10O2.CH2O2/c1-4(2-5)3-6;2-1-3/h4-6H,2-3H2,1H3;1H,(H,2,3). The molecule has 9 heavy (non-hydrogen) atoms. The van der Waals surface area contributed by atoms with Gasteiger partial charge >= 0.3 is 0 Å². The molecule has 0 atom stereocenters. The molecule has 0 spiro atoms. The lowest BCUT2D eigenvalue weighted by atomic mass is 10.2. The molecule has 0 radical (unpaired) electrons. The first kappa shape index (κ1) is 11.2. The van der Waals surface area contributed by atoms with E-state index < -0.39 is 0 Å². The van der Waals surface area contributed by atoms with Crippen LogP contribution in [-0.4, -0.2) is 35.0 Å². The minimum atomic E-state index is -0.250. The van der Waals surface area contributed by atoms with E-state index in [1.54, 1.807) is 6.92 Å². The maximum Gasteiger partial charge on any atom is 0.290 e. The van der Waals surface area contributed by atoms with Crippen molar-refractivity contribution in [2.75, 3.05) is 13.2 Å². The summed E-state index contributed by atoms with van der Waals surface area (Å²) in [4.78, 5) is 8.36. The van der Waals surface area contributed by atoms with Crippen molar-refractivity contribution < 1.29 is 20.1 Å². The molecule has 0 aliphatic heterocycles. The first-order chi connectivity index (χ1) is 4.22. The third-order valence-corrected chi connectivity index (χ3v) is 0.623. The van der Waals surface area contributed by atoms with Gasteiger partial charge in [-0.3, -0.25) is 4.79 Å². The van der Waals surface area contributed by atoms with E-state index in [1.165, 1.54) is 0 Å². The minimum absolute atomic E-state index is 0.0463. The summed E-state index contributed by atoms with van der Waals surface area (Å²) in [6, 6.07) is 0. The van der Waals surface area contributed by atoms with Crippen molar-refractivity contribution in [3.05, 3.63) is 0 Å². The summed E-state index contributed by atoms with van der Waals surface area (Å²) in [7, 11) is 0. The molecule has 0 amide bonds. The van der Waals surface area contributed by atoms with Gasteiger partial charge in [0, 0.05) is 19.1 Å². The molecule has 0 saturated heterocycles. The Morgan fingerprint density at radius 2 is 1.67 bits per heavy atom. The average Bonchev–Trinajstić information content (AvgIpc) is 1.88. The van der Waals surface area contributed by atoms with Crippen molar-refractivity contribution >= 4 is 6.47 Å². The Bertz CT molecular complexity index is 50.9. The molecule has 0 heterocycles. The highest BCUT2D eigenvalue weighted by Crippen LogP contribution is 1.85. The van der Waals surface area contributed by atoms with Crippen LogP contribution in [0.5, 0.6) is 0 Å². The molecule has 0 fully saturated rings. The van der Waals surface area contributed by atoms with Crippen LogP contribution in [-0.2, 0) is 4.79 Å². The van der Waals surface area contributed by atoms with Crippen molar-refractivity contribution in [3.8, 4) is 0 Å². The van der Waals surface area contributed by atoms with E-state index in [4.69, 9.17) is 20.1 Å². The highest BCUT2D eigenvalue weighted by atomic mass is 16.3. The molecular formula is C5H12O4. The Morgan fingerprint density at radius 1 is 1.44 bits per heavy atom. The number of rotatable bonds is 2. The molecule has 0 aromatic carbocycles.